The van der Waals surface area contributed by atoms with Gasteiger partial charge < -0.3 is 15.2 Å². The summed E-state index contributed by atoms with van der Waals surface area (Å²) >= 11 is 0. The molecule has 0 aromatic carbocycles. The van der Waals surface area contributed by atoms with Gasteiger partial charge in [0.1, 0.15) is 5.54 Å². The average Bonchev–Trinajstić information content (AvgIpc) is 2.55. The molecular weight excluding hydrogens is 220 g/mol. The van der Waals surface area contributed by atoms with Crippen molar-refractivity contribution in [3.63, 3.8) is 0 Å². The fourth-order valence-electron chi connectivity index (χ4n) is 2.27. The van der Waals surface area contributed by atoms with Crippen molar-refractivity contribution in [3.8, 4) is 0 Å². The van der Waals surface area contributed by atoms with Gasteiger partial charge in [0.15, 0.2) is 0 Å². The van der Waals surface area contributed by atoms with Crippen LogP contribution in [0.4, 0.5) is 0 Å². The van der Waals surface area contributed by atoms with Crippen LogP contribution in [0.15, 0.2) is 0 Å². The van der Waals surface area contributed by atoms with E-state index in [1.807, 2.05) is 0 Å². The van der Waals surface area contributed by atoms with E-state index in [9.17, 15) is 4.79 Å². The first-order chi connectivity index (χ1) is 7.97. The van der Waals surface area contributed by atoms with Gasteiger partial charge in [-0.3, -0.25) is 9.69 Å². The zero-order chi connectivity index (χ0) is 12.9. The highest BCUT2D eigenvalue weighted by molar-refractivity contribution is 5.79. The van der Waals surface area contributed by atoms with E-state index in [-0.39, 0.29) is 12.0 Å². The fraction of sp³-hybridized carbons (Fsp3) is 0.917. The summed E-state index contributed by atoms with van der Waals surface area (Å²) in [5.41, 5.74) is 5.07. The molecule has 1 saturated heterocycles. The monoisotopic (exact) mass is 244 g/mol. The molecule has 0 aromatic rings. The molecule has 0 spiro atoms. The van der Waals surface area contributed by atoms with Crippen molar-refractivity contribution in [1.82, 2.24) is 4.90 Å². The maximum Gasteiger partial charge on any atom is 0.325 e. The van der Waals surface area contributed by atoms with Crippen LogP contribution in [0.1, 0.15) is 26.7 Å². The Bertz CT molecular complexity index is 248. The molecular formula is C12H24N2O3. The van der Waals surface area contributed by atoms with Crippen molar-refractivity contribution in [3.05, 3.63) is 0 Å². The van der Waals surface area contributed by atoms with E-state index in [1.54, 1.807) is 6.92 Å². The Morgan fingerprint density at radius 3 is 2.88 bits per heavy atom. The second-order valence-corrected chi connectivity index (χ2v) is 4.96. The van der Waals surface area contributed by atoms with Gasteiger partial charge >= 0.3 is 5.97 Å². The lowest BCUT2D eigenvalue weighted by Gasteiger charge is -2.32. The average molecular weight is 244 g/mol. The van der Waals surface area contributed by atoms with E-state index >= 15 is 0 Å². The molecule has 1 heterocycles. The minimum Gasteiger partial charge on any atom is -0.468 e. The third-order valence-corrected chi connectivity index (χ3v) is 3.25. The summed E-state index contributed by atoms with van der Waals surface area (Å²) in [7, 11) is 1.37. The molecule has 100 valence electrons. The van der Waals surface area contributed by atoms with E-state index in [0.29, 0.717) is 6.42 Å². The maximum atomic E-state index is 11.5. The molecule has 2 unspecified atom stereocenters. The number of rotatable bonds is 4. The summed E-state index contributed by atoms with van der Waals surface area (Å²) in [4.78, 5) is 13.8. The standard InChI is InChI=1S/C12H24N2O3/c1-10(9-12(2,13)11(15)16-3)14-5-4-7-17-8-6-14/h10H,4-9,13H2,1-3H3. The van der Waals surface area contributed by atoms with E-state index in [4.69, 9.17) is 15.2 Å². The van der Waals surface area contributed by atoms with Crippen molar-refractivity contribution in [2.45, 2.75) is 38.3 Å². The first kappa shape index (κ1) is 14.4. The van der Waals surface area contributed by atoms with Gasteiger partial charge in [-0.1, -0.05) is 0 Å². The number of esters is 1. The second-order valence-electron chi connectivity index (χ2n) is 4.96. The van der Waals surface area contributed by atoms with Crippen LogP contribution >= 0.6 is 0 Å². The Balaban J connectivity index is 2.51. The van der Waals surface area contributed by atoms with E-state index in [2.05, 4.69) is 11.8 Å². The van der Waals surface area contributed by atoms with Crippen molar-refractivity contribution in [2.24, 2.45) is 5.73 Å². The highest BCUT2D eigenvalue weighted by atomic mass is 16.5. The quantitative estimate of drug-likeness (QED) is 0.724. The zero-order valence-electron chi connectivity index (χ0n) is 11.1. The number of nitrogens with zero attached hydrogens (tertiary/aromatic N) is 1. The second kappa shape index (κ2) is 6.33. The van der Waals surface area contributed by atoms with Crippen LogP contribution in [0.2, 0.25) is 0 Å². The normalized spacial score (nSPS) is 23.5. The molecule has 0 aromatic heterocycles. The van der Waals surface area contributed by atoms with Gasteiger partial charge in [-0.25, -0.2) is 0 Å². The maximum absolute atomic E-state index is 11.5. The number of methoxy groups -OCH3 is 1. The minimum absolute atomic E-state index is 0.255. The molecule has 1 aliphatic rings. The lowest BCUT2D eigenvalue weighted by Crippen LogP contribution is -2.51. The van der Waals surface area contributed by atoms with Crippen molar-refractivity contribution < 1.29 is 14.3 Å². The Morgan fingerprint density at radius 2 is 2.24 bits per heavy atom. The van der Waals surface area contributed by atoms with E-state index in [1.165, 1.54) is 7.11 Å². The molecule has 5 heteroatoms. The summed E-state index contributed by atoms with van der Waals surface area (Å²) in [6.07, 6.45) is 1.63. The SMILES string of the molecule is COC(=O)C(C)(N)CC(C)N1CCCOCC1. The summed E-state index contributed by atoms with van der Waals surface area (Å²) in [5, 5.41) is 0. The zero-order valence-corrected chi connectivity index (χ0v) is 11.1. The first-order valence-corrected chi connectivity index (χ1v) is 6.16. The molecule has 2 N–H and O–H groups in total. The molecule has 0 aliphatic carbocycles. The van der Waals surface area contributed by atoms with Crippen LogP contribution in [0, 0.1) is 0 Å². The third kappa shape index (κ3) is 4.26. The number of carbonyl (C=O) groups excluding carboxylic acids is 1. The molecule has 0 radical (unpaired) electrons. The smallest absolute Gasteiger partial charge is 0.325 e. The predicted molar refractivity (Wildman–Crippen MR) is 65.7 cm³/mol. The molecule has 1 aliphatic heterocycles. The summed E-state index contributed by atoms with van der Waals surface area (Å²) < 4.78 is 10.1. The molecule has 0 amide bonds. The van der Waals surface area contributed by atoms with Crippen LogP contribution in [0.3, 0.4) is 0 Å². The predicted octanol–water partition coefficient (Wildman–Crippen LogP) is 0.378. The minimum atomic E-state index is -0.915. The van der Waals surface area contributed by atoms with Gasteiger partial charge in [0, 0.05) is 25.7 Å². The Hall–Kier alpha value is -0.650. The van der Waals surface area contributed by atoms with Gasteiger partial charge in [0.05, 0.1) is 13.7 Å². The first-order valence-electron chi connectivity index (χ1n) is 6.16. The Labute approximate surface area is 103 Å². The molecule has 1 fully saturated rings. The van der Waals surface area contributed by atoms with Crippen molar-refractivity contribution in [2.75, 3.05) is 33.4 Å². The number of hydrogen-bond donors (Lipinski definition) is 1. The van der Waals surface area contributed by atoms with Gasteiger partial charge in [0.25, 0.3) is 0 Å². The molecule has 0 saturated carbocycles. The highest BCUT2D eigenvalue weighted by Crippen LogP contribution is 2.16. The van der Waals surface area contributed by atoms with Gasteiger partial charge in [0.2, 0.25) is 0 Å². The molecule has 2 atom stereocenters. The Morgan fingerprint density at radius 1 is 1.53 bits per heavy atom. The number of ether oxygens (including phenoxy) is 2. The van der Waals surface area contributed by atoms with Crippen LogP contribution in [-0.2, 0) is 14.3 Å². The van der Waals surface area contributed by atoms with Gasteiger partial charge in [-0.15, -0.1) is 0 Å². The number of carbonyl (C=O) groups is 1. The van der Waals surface area contributed by atoms with E-state index in [0.717, 1.165) is 32.7 Å². The van der Waals surface area contributed by atoms with E-state index < -0.39 is 5.54 Å². The topological polar surface area (TPSA) is 64.8 Å². The third-order valence-electron chi connectivity index (χ3n) is 3.25. The highest BCUT2D eigenvalue weighted by Gasteiger charge is 2.33. The molecule has 0 bridgehead atoms. The van der Waals surface area contributed by atoms with Crippen LogP contribution < -0.4 is 5.73 Å². The lowest BCUT2D eigenvalue weighted by molar-refractivity contribution is -0.147. The van der Waals surface area contributed by atoms with Gasteiger partial charge in [-0.2, -0.15) is 0 Å². The Kier molecular flexibility index (Phi) is 5.36. The largest absolute Gasteiger partial charge is 0.468 e. The van der Waals surface area contributed by atoms with Gasteiger partial charge in [-0.05, 0) is 26.7 Å². The fourth-order valence-corrected chi connectivity index (χ4v) is 2.27. The number of hydrogen-bond acceptors (Lipinski definition) is 5. The summed E-state index contributed by atoms with van der Waals surface area (Å²) in [6.45, 7) is 7.30. The summed E-state index contributed by atoms with van der Waals surface area (Å²) in [5.74, 6) is -0.351. The van der Waals surface area contributed by atoms with Crippen LogP contribution in [0.5, 0.6) is 0 Å². The lowest BCUT2D eigenvalue weighted by atomic mass is 9.94. The molecule has 17 heavy (non-hydrogen) atoms. The van der Waals surface area contributed by atoms with Crippen molar-refractivity contribution >= 4 is 5.97 Å². The van der Waals surface area contributed by atoms with Crippen LogP contribution in [-0.4, -0.2) is 55.9 Å². The molecule has 1 rings (SSSR count). The van der Waals surface area contributed by atoms with Crippen molar-refractivity contribution in [1.29, 1.82) is 0 Å². The molecule has 5 nitrogen and oxygen atoms in total. The van der Waals surface area contributed by atoms with Crippen LogP contribution in [0.25, 0.3) is 0 Å². The number of nitrogens with two attached hydrogens (primary N) is 1. The summed E-state index contributed by atoms with van der Waals surface area (Å²) in [6, 6.07) is 0.255.